The largest absolute Gasteiger partial charge is 0.337 e. The number of rotatable bonds is 1. The summed E-state index contributed by atoms with van der Waals surface area (Å²) >= 11 is 0. The molecule has 0 radical (unpaired) electrons. The number of likely N-dealkylation sites (tertiary alicyclic amines) is 1. The minimum absolute atomic E-state index is 0.00299. The molecule has 0 bridgehead atoms. The number of hydrogen-bond acceptors (Lipinski definition) is 2. The fourth-order valence-corrected chi connectivity index (χ4v) is 3.71. The molecule has 3 nitrogen and oxygen atoms in total. The van der Waals surface area contributed by atoms with Crippen LogP contribution in [0.15, 0.2) is 24.3 Å². The first-order valence-corrected chi connectivity index (χ1v) is 8.09. The summed E-state index contributed by atoms with van der Waals surface area (Å²) in [5.74, 6) is 0.848. The Bertz CT molecular complexity index is 518. The molecule has 114 valence electrons. The van der Waals surface area contributed by atoms with Crippen molar-refractivity contribution in [3.63, 3.8) is 0 Å². The quantitative estimate of drug-likeness (QED) is 0.861. The van der Waals surface area contributed by atoms with E-state index < -0.39 is 0 Å². The molecule has 2 atom stereocenters. The minimum atomic E-state index is -0.00299. The highest BCUT2D eigenvalue weighted by Gasteiger charge is 2.37. The zero-order valence-electron chi connectivity index (χ0n) is 13.4. The number of hydrogen-bond donors (Lipinski definition) is 1. The Morgan fingerprint density at radius 3 is 2.71 bits per heavy atom. The summed E-state index contributed by atoms with van der Waals surface area (Å²) in [5.41, 5.74) is 2.03. The van der Waals surface area contributed by atoms with E-state index in [0.717, 1.165) is 30.8 Å². The number of carbonyl (C=O) groups is 1. The first-order valence-electron chi connectivity index (χ1n) is 8.09. The van der Waals surface area contributed by atoms with Gasteiger partial charge < -0.3 is 10.2 Å². The maximum atomic E-state index is 13.0. The van der Waals surface area contributed by atoms with Crippen molar-refractivity contribution in [1.82, 2.24) is 10.2 Å². The lowest BCUT2D eigenvalue weighted by atomic mass is 9.83. The molecule has 0 aromatic heterocycles. The first-order chi connectivity index (χ1) is 9.97. The van der Waals surface area contributed by atoms with Gasteiger partial charge >= 0.3 is 0 Å². The van der Waals surface area contributed by atoms with E-state index >= 15 is 0 Å². The number of benzene rings is 1. The van der Waals surface area contributed by atoms with Crippen molar-refractivity contribution in [1.29, 1.82) is 0 Å². The van der Waals surface area contributed by atoms with Gasteiger partial charge in [-0.2, -0.15) is 0 Å². The number of fused-ring (bicyclic) bond motifs is 1. The van der Waals surface area contributed by atoms with Gasteiger partial charge in [-0.05, 0) is 42.3 Å². The summed E-state index contributed by atoms with van der Waals surface area (Å²) < 4.78 is 0. The lowest BCUT2D eigenvalue weighted by Crippen LogP contribution is -2.41. The second kappa shape index (κ2) is 5.45. The second-order valence-electron chi connectivity index (χ2n) is 7.47. The van der Waals surface area contributed by atoms with E-state index in [-0.39, 0.29) is 11.3 Å². The van der Waals surface area contributed by atoms with E-state index in [1.165, 1.54) is 12.8 Å². The van der Waals surface area contributed by atoms with Crippen LogP contribution in [0.3, 0.4) is 0 Å². The predicted octanol–water partition coefficient (Wildman–Crippen LogP) is 2.81. The van der Waals surface area contributed by atoms with E-state index in [1.54, 1.807) is 0 Å². The monoisotopic (exact) mass is 286 g/mol. The zero-order chi connectivity index (χ0) is 15.0. The van der Waals surface area contributed by atoms with Crippen molar-refractivity contribution in [3.8, 4) is 0 Å². The van der Waals surface area contributed by atoms with Crippen LogP contribution in [0.5, 0.6) is 0 Å². The first kappa shape index (κ1) is 14.6. The van der Waals surface area contributed by atoms with Crippen LogP contribution < -0.4 is 5.32 Å². The van der Waals surface area contributed by atoms with Crippen molar-refractivity contribution >= 4 is 5.91 Å². The van der Waals surface area contributed by atoms with Crippen LogP contribution >= 0.6 is 0 Å². The molecule has 2 fully saturated rings. The third-order valence-electron chi connectivity index (χ3n) is 4.85. The molecular weight excluding hydrogens is 260 g/mol. The standard InChI is InChI=1S/C18H26N2O/c1-18(2,3)15-9-5-4-8-14(15)17(21)20-11-13-7-6-10-19-16(13)12-20/h4-5,8-9,13,16,19H,6-7,10-12H2,1-3H3. The minimum Gasteiger partial charge on any atom is -0.337 e. The van der Waals surface area contributed by atoms with E-state index in [2.05, 4.69) is 37.1 Å². The summed E-state index contributed by atoms with van der Waals surface area (Å²) in [6, 6.07) is 8.59. The molecule has 21 heavy (non-hydrogen) atoms. The molecule has 2 aliphatic rings. The van der Waals surface area contributed by atoms with Crippen LogP contribution in [0.25, 0.3) is 0 Å². The van der Waals surface area contributed by atoms with Gasteiger partial charge in [-0.3, -0.25) is 4.79 Å². The highest BCUT2D eigenvalue weighted by molar-refractivity contribution is 5.96. The third-order valence-corrected chi connectivity index (χ3v) is 4.85. The third kappa shape index (κ3) is 2.84. The molecule has 0 aliphatic carbocycles. The second-order valence-corrected chi connectivity index (χ2v) is 7.47. The van der Waals surface area contributed by atoms with Gasteiger partial charge in [0.05, 0.1) is 0 Å². The molecule has 0 saturated carbocycles. The molecule has 1 aromatic rings. The maximum absolute atomic E-state index is 13.0. The van der Waals surface area contributed by atoms with Gasteiger partial charge in [0.2, 0.25) is 0 Å². The van der Waals surface area contributed by atoms with Crippen molar-refractivity contribution in [2.24, 2.45) is 5.92 Å². The van der Waals surface area contributed by atoms with E-state index in [9.17, 15) is 4.79 Å². The van der Waals surface area contributed by atoms with E-state index in [1.807, 2.05) is 18.2 Å². The van der Waals surface area contributed by atoms with E-state index in [4.69, 9.17) is 0 Å². The molecule has 1 N–H and O–H groups in total. The highest BCUT2D eigenvalue weighted by Crippen LogP contribution is 2.30. The Morgan fingerprint density at radius 1 is 1.24 bits per heavy atom. The number of piperidine rings is 1. The average molecular weight is 286 g/mol. The Labute approximate surface area is 127 Å². The predicted molar refractivity (Wildman–Crippen MR) is 85.6 cm³/mol. The zero-order valence-corrected chi connectivity index (χ0v) is 13.4. The highest BCUT2D eigenvalue weighted by atomic mass is 16.2. The molecule has 2 aliphatic heterocycles. The van der Waals surface area contributed by atoms with E-state index in [0.29, 0.717) is 12.0 Å². The summed E-state index contributed by atoms with van der Waals surface area (Å²) in [6.45, 7) is 9.39. The van der Waals surface area contributed by atoms with Crippen molar-refractivity contribution < 1.29 is 4.79 Å². The molecule has 1 aromatic carbocycles. The number of carbonyl (C=O) groups excluding carboxylic acids is 1. The Kier molecular flexibility index (Phi) is 3.78. The Hall–Kier alpha value is -1.35. The molecule has 2 unspecified atom stereocenters. The van der Waals surface area contributed by atoms with Crippen molar-refractivity contribution in [3.05, 3.63) is 35.4 Å². The molecule has 2 heterocycles. The molecular formula is C18H26N2O. The smallest absolute Gasteiger partial charge is 0.254 e. The summed E-state index contributed by atoms with van der Waals surface area (Å²) in [6.07, 6.45) is 2.49. The fraction of sp³-hybridized carbons (Fsp3) is 0.611. The van der Waals surface area contributed by atoms with Gasteiger partial charge in [-0.1, -0.05) is 39.0 Å². The van der Waals surface area contributed by atoms with Gasteiger partial charge in [0, 0.05) is 24.7 Å². The molecule has 2 saturated heterocycles. The summed E-state index contributed by atoms with van der Waals surface area (Å²) in [7, 11) is 0. The van der Waals surface area contributed by atoms with Crippen molar-refractivity contribution in [2.75, 3.05) is 19.6 Å². The topological polar surface area (TPSA) is 32.3 Å². The van der Waals surface area contributed by atoms with Crippen LogP contribution in [0.2, 0.25) is 0 Å². The van der Waals surface area contributed by atoms with Crippen LogP contribution in [-0.4, -0.2) is 36.5 Å². The van der Waals surface area contributed by atoms with Gasteiger partial charge in [-0.25, -0.2) is 0 Å². The number of nitrogens with one attached hydrogen (secondary N) is 1. The lowest BCUT2D eigenvalue weighted by molar-refractivity contribution is 0.0783. The van der Waals surface area contributed by atoms with Crippen LogP contribution in [-0.2, 0) is 5.41 Å². The maximum Gasteiger partial charge on any atom is 0.254 e. The van der Waals surface area contributed by atoms with Gasteiger partial charge in [0.25, 0.3) is 5.91 Å². The molecule has 3 rings (SSSR count). The molecule has 3 heteroatoms. The van der Waals surface area contributed by atoms with Gasteiger partial charge in [0.15, 0.2) is 0 Å². The van der Waals surface area contributed by atoms with Gasteiger partial charge in [0.1, 0.15) is 0 Å². The van der Waals surface area contributed by atoms with Gasteiger partial charge in [-0.15, -0.1) is 0 Å². The van der Waals surface area contributed by atoms with Crippen LogP contribution in [0.1, 0.15) is 49.5 Å². The molecule has 0 spiro atoms. The normalized spacial score (nSPS) is 25.8. The SMILES string of the molecule is CC(C)(C)c1ccccc1C(=O)N1CC2CCCNC2C1. The molecule has 1 amide bonds. The fourth-order valence-electron chi connectivity index (χ4n) is 3.71. The van der Waals surface area contributed by atoms with Crippen LogP contribution in [0.4, 0.5) is 0 Å². The summed E-state index contributed by atoms with van der Waals surface area (Å²) in [4.78, 5) is 15.0. The van der Waals surface area contributed by atoms with Crippen molar-refractivity contribution in [2.45, 2.75) is 45.1 Å². The Morgan fingerprint density at radius 2 is 2.00 bits per heavy atom. The average Bonchev–Trinajstić information content (AvgIpc) is 2.89. The lowest BCUT2D eigenvalue weighted by Gasteiger charge is -2.25. The number of amides is 1. The Balaban J connectivity index is 1.83. The number of nitrogens with zero attached hydrogens (tertiary/aromatic N) is 1. The summed E-state index contributed by atoms with van der Waals surface area (Å²) in [5, 5.41) is 3.57. The van der Waals surface area contributed by atoms with Crippen LogP contribution in [0, 0.1) is 5.92 Å².